The van der Waals surface area contributed by atoms with Gasteiger partial charge < -0.3 is 5.32 Å². The molecular formula is C15H17Cl2N3. The van der Waals surface area contributed by atoms with E-state index < -0.39 is 0 Å². The summed E-state index contributed by atoms with van der Waals surface area (Å²) >= 11 is 12.0. The number of benzene rings is 1. The van der Waals surface area contributed by atoms with Gasteiger partial charge in [0.1, 0.15) is 5.82 Å². The van der Waals surface area contributed by atoms with Crippen molar-refractivity contribution < 1.29 is 0 Å². The first-order valence-corrected chi connectivity index (χ1v) is 7.21. The summed E-state index contributed by atoms with van der Waals surface area (Å²) in [4.78, 5) is 9.18. The average molecular weight is 310 g/mol. The molecule has 106 valence electrons. The van der Waals surface area contributed by atoms with E-state index in [9.17, 15) is 0 Å². The predicted molar refractivity (Wildman–Crippen MR) is 85.9 cm³/mol. The van der Waals surface area contributed by atoms with Crippen molar-refractivity contribution in [3.05, 3.63) is 39.5 Å². The van der Waals surface area contributed by atoms with Gasteiger partial charge >= 0.3 is 0 Å². The van der Waals surface area contributed by atoms with E-state index in [1.165, 1.54) is 0 Å². The Morgan fingerprint density at radius 1 is 1.10 bits per heavy atom. The van der Waals surface area contributed by atoms with Gasteiger partial charge in [-0.25, -0.2) is 9.97 Å². The zero-order valence-corrected chi connectivity index (χ0v) is 13.5. The molecule has 20 heavy (non-hydrogen) atoms. The van der Waals surface area contributed by atoms with Crippen molar-refractivity contribution in [2.75, 3.05) is 12.4 Å². The van der Waals surface area contributed by atoms with Gasteiger partial charge in [0.05, 0.1) is 10.0 Å². The maximum Gasteiger partial charge on any atom is 0.161 e. The fraction of sp³-hybridized carbons (Fsp3) is 0.333. The molecule has 0 atom stereocenters. The van der Waals surface area contributed by atoms with Crippen LogP contribution in [0.2, 0.25) is 10.0 Å². The maximum atomic E-state index is 6.06. The molecule has 0 saturated heterocycles. The standard InChI is InChI=1S/C15H17Cl2N3/c1-8(2)13-9(3)19-14(20-15(13)18-4)10-5-6-11(16)12(17)7-10/h5-8H,1-4H3,(H,18,19,20). The van der Waals surface area contributed by atoms with Crippen LogP contribution < -0.4 is 5.32 Å². The van der Waals surface area contributed by atoms with E-state index in [0.717, 1.165) is 22.6 Å². The molecule has 0 fully saturated rings. The molecule has 0 aliphatic rings. The van der Waals surface area contributed by atoms with Crippen LogP contribution in [-0.2, 0) is 0 Å². The maximum absolute atomic E-state index is 6.06. The number of rotatable bonds is 3. The van der Waals surface area contributed by atoms with Crippen molar-refractivity contribution in [1.82, 2.24) is 9.97 Å². The van der Waals surface area contributed by atoms with Gasteiger partial charge in [-0.2, -0.15) is 0 Å². The van der Waals surface area contributed by atoms with Gasteiger partial charge in [0.25, 0.3) is 0 Å². The Morgan fingerprint density at radius 3 is 2.35 bits per heavy atom. The molecule has 5 heteroatoms. The highest BCUT2D eigenvalue weighted by Gasteiger charge is 2.15. The summed E-state index contributed by atoms with van der Waals surface area (Å²) in [6, 6.07) is 5.41. The summed E-state index contributed by atoms with van der Waals surface area (Å²) in [5.74, 6) is 1.86. The van der Waals surface area contributed by atoms with E-state index in [1.54, 1.807) is 12.1 Å². The molecule has 1 aromatic heterocycles. The van der Waals surface area contributed by atoms with E-state index in [0.29, 0.717) is 21.8 Å². The van der Waals surface area contributed by atoms with Crippen molar-refractivity contribution in [2.45, 2.75) is 26.7 Å². The van der Waals surface area contributed by atoms with Crippen molar-refractivity contribution in [2.24, 2.45) is 0 Å². The Hall–Kier alpha value is -1.32. The van der Waals surface area contributed by atoms with Crippen LogP contribution in [0.4, 0.5) is 5.82 Å². The second kappa shape index (κ2) is 5.98. The molecule has 0 spiro atoms. The average Bonchev–Trinajstić information content (AvgIpc) is 2.40. The Balaban J connectivity index is 2.58. The van der Waals surface area contributed by atoms with Crippen LogP contribution in [0.1, 0.15) is 31.0 Å². The number of anilines is 1. The van der Waals surface area contributed by atoms with Gasteiger partial charge in [0.2, 0.25) is 0 Å². The molecule has 1 N–H and O–H groups in total. The second-order valence-electron chi connectivity index (χ2n) is 4.93. The first kappa shape index (κ1) is 15.1. The van der Waals surface area contributed by atoms with E-state index in [4.69, 9.17) is 23.2 Å². The molecule has 0 saturated carbocycles. The van der Waals surface area contributed by atoms with Gasteiger partial charge in [0.15, 0.2) is 5.82 Å². The monoisotopic (exact) mass is 309 g/mol. The summed E-state index contributed by atoms with van der Waals surface area (Å²) in [6.45, 7) is 6.26. The van der Waals surface area contributed by atoms with Gasteiger partial charge in [0, 0.05) is 23.9 Å². The van der Waals surface area contributed by atoms with Crippen LogP contribution in [0.15, 0.2) is 18.2 Å². The highest BCUT2D eigenvalue weighted by Crippen LogP contribution is 2.30. The van der Waals surface area contributed by atoms with Crippen molar-refractivity contribution >= 4 is 29.0 Å². The fourth-order valence-electron chi connectivity index (χ4n) is 2.23. The van der Waals surface area contributed by atoms with Gasteiger partial charge in [-0.15, -0.1) is 0 Å². The number of nitrogens with one attached hydrogen (secondary N) is 1. The molecule has 0 amide bonds. The number of halogens is 2. The number of aryl methyl sites for hydroxylation is 1. The quantitative estimate of drug-likeness (QED) is 0.874. The molecule has 0 unspecified atom stereocenters. The predicted octanol–water partition coefficient (Wildman–Crippen LogP) is 4.92. The molecule has 0 radical (unpaired) electrons. The van der Waals surface area contributed by atoms with Crippen LogP contribution in [0.5, 0.6) is 0 Å². The fourth-order valence-corrected chi connectivity index (χ4v) is 2.53. The number of aromatic nitrogens is 2. The van der Waals surface area contributed by atoms with Crippen LogP contribution in [0, 0.1) is 6.92 Å². The Morgan fingerprint density at radius 2 is 1.80 bits per heavy atom. The highest BCUT2D eigenvalue weighted by atomic mass is 35.5. The topological polar surface area (TPSA) is 37.8 Å². The molecule has 1 heterocycles. The minimum atomic E-state index is 0.361. The molecule has 2 aromatic rings. The third-order valence-corrected chi connectivity index (χ3v) is 3.87. The van der Waals surface area contributed by atoms with Crippen molar-refractivity contribution in [1.29, 1.82) is 0 Å². The third-order valence-electron chi connectivity index (χ3n) is 3.13. The number of hydrogen-bond acceptors (Lipinski definition) is 3. The Labute approximate surface area is 129 Å². The van der Waals surface area contributed by atoms with Gasteiger partial charge in [-0.1, -0.05) is 37.0 Å². The second-order valence-corrected chi connectivity index (χ2v) is 5.74. The summed E-state index contributed by atoms with van der Waals surface area (Å²) in [7, 11) is 1.87. The molecule has 0 aliphatic heterocycles. The van der Waals surface area contributed by atoms with Crippen LogP contribution in [0.3, 0.4) is 0 Å². The summed E-state index contributed by atoms with van der Waals surface area (Å²) in [5, 5.41) is 4.18. The number of nitrogens with zero attached hydrogens (tertiary/aromatic N) is 2. The van der Waals surface area contributed by atoms with Crippen LogP contribution >= 0.6 is 23.2 Å². The van der Waals surface area contributed by atoms with Gasteiger partial charge in [-0.05, 0) is 31.0 Å². The lowest BCUT2D eigenvalue weighted by Crippen LogP contribution is -2.07. The molecule has 3 nitrogen and oxygen atoms in total. The van der Waals surface area contributed by atoms with Crippen LogP contribution in [-0.4, -0.2) is 17.0 Å². The van der Waals surface area contributed by atoms with Crippen LogP contribution in [0.25, 0.3) is 11.4 Å². The minimum Gasteiger partial charge on any atom is -0.373 e. The van der Waals surface area contributed by atoms with Crippen molar-refractivity contribution in [3.8, 4) is 11.4 Å². The lowest BCUT2D eigenvalue weighted by atomic mass is 10.0. The van der Waals surface area contributed by atoms with E-state index in [1.807, 2.05) is 20.0 Å². The molecule has 2 rings (SSSR count). The summed E-state index contributed by atoms with van der Waals surface area (Å²) in [5.41, 5.74) is 2.96. The Kier molecular flexibility index (Phi) is 4.51. The first-order chi connectivity index (χ1) is 9.43. The molecule has 0 bridgehead atoms. The third kappa shape index (κ3) is 2.89. The molecule has 0 aliphatic carbocycles. The first-order valence-electron chi connectivity index (χ1n) is 6.45. The Bertz CT molecular complexity index is 639. The highest BCUT2D eigenvalue weighted by molar-refractivity contribution is 6.42. The van der Waals surface area contributed by atoms with E-state index in [-0.39, 0.29) is 0 Å². The lowest BCUT2D eigenvalue weighted by molar-refractivity contribution is 0.833. The summed E-state index contributed by atoms with van der Waals surface area (Å²) < 4.78 is 0. The lowest BCUT2D eigenvalue weighted by Gasteiger charge is -2.15. The normalized spacial score (nSPS) is 10.9. The molecule has 1 aromatic carbocycles. The summed E-state index contributed by atoms with van der Waals surface area (Å²) in [6.07, 6.45) is 0. The smallest absolute Gasteiger partial charge is 0.161 e. The van der Waals surface area contributed by atoms with E-state index >= 15 is 0 Å². The SMILES string of the molecule is CNc1nc(-c2ccc(Cl)c(Cl)c2)nc(C)c1C(C)C. The van der Waals surface area contributed by atoms with E-state index in [2.05, 4.69) is 29.1 Å². The zero-order valence-electron chi connectivity index (χ0n) is 12.0. The minimum absolute atomic E-state index is 0.361. The molecular weight excluding hydrogens is 293 g/mol. The van der Waals surface area contributed by atoms with Crippen molar-refractivity contribution in [3.63, 3.8) is 0 Å². The van der Waals surface area contributed by atoms with Gasteiger partial charge in [-0.3, -0.25) is 0 Å². The largest absolute Gasteiger partial charge is 0.373 e. The number of hydrogen-bond donors (Lipinski definition) is 1. The zero-order chi connectivity index (χ0) is 14.9.